The summed E-state index contributed by atoms with van der Waals surface area (Å²) in [5, 5.41) is 2.69. The van der Waals surface area contributed by atoms with Gasteiger partial charge in [-0.1, -0.05) is 24.3 Å². The monoisotopic (exact) mass is 298 g/mol. The van der Waals surface area contributed by atoms with Crippen LogP contribution in [0.5, 0.6) is 0 Å². The number of rotatable bonds is 6. The average Bonchev–Trinajstić information content (AvgIpc) is 2.29. The van der Waals surface area contributed by atoms with E-state index >= 15 is 0 Å². The Balaban J connectivity index is 2.82. The van der Waals surface area contributed by atoms with Crippen molar-refractivity contribution in [3.8, 4) is 0 Å². The molecule has 1 atom stereocenters. The molecule has 0 bridgehead atoms. The van der Waals surface area contributed by atoms with Crippen molar-refractivity contribution >= 4 is 15.7 Å². The molecule has 5 nitrogen and oxygen atoms in total. The number of carbonyl (C=O) groups is 1. The van der Waals surface area contributed by atoms with E-state index in [0.717, 1.165) is 17.4 Å². The molecular formula is C14H22N2O3S. The van der Waals surface area contributed by atoms with E-state index in [-0.39, 0.29) is 18.2 Å². The molecule has 20 heavy (non-hydrogen) atoms. The number of sulfone groups is 1. The first-order valence-electron chi connectivity index (χ1n) is 6.40. The van der Waals surface area contributed by atoms with Crippen LogP contribution in [0.25, 0.3) is 0 Å². The summed E-state index contributed by atoms with van der Waals surface area (Å²) in [6.45, 7) is 2.09. The minimum atomic E-state index is -3.07. The fourth-order valence-corrected chi connectivity index (χ4v) is 2.48. The Bertz CT molecular complexity index is 568. The number of benzene rings is 1. The second-order valence-electron chi connectivity index (χ2n) is 5.14. The number of carbonyl (C=O) groups excluding carboxylic acids is 1. The first-order chi connectivity index (χ1) is 9.22. The minimum Gasteiger partial charge on any atom is -0.353 e. The van der Waals surface area contributed by atoms with Gasteiger partial charge in [-0.3, -0.25) is 9.69 Å². The topological polar surface area (TPSA) is 66.5 Å². The van der Waals surface area contributed by atoms with Crippen LogP contribution in [0.4, 0.5) is 0 Å². The highest BCUT2D eigenvalue weighted by atomic mass is 32.2. The van der Waals surface area contributed by atoms with E-state index in [1.165, 1.54) is 0 Å². The van der Waals surface area contributed by atoms with Gasteiger partial charge >= 0.3 is 0 Å². The molecule has 0 saturated carbocycles. The predicted molar refractivity (Wildman–Crippen MR) is 80.3 cm³/mol. The average molecular weight is 298 g/mol. The predicted octanol–water partition coefficient (Wildman–Crippen LogP) is 0.759. The van der Waals surface area contributed by atoms with Crippen molar-refractivity contribution in [3.05, 3.63) is 35.4 Å². The van der Waals surface area contributed by atoms with Crippen LogP contribution in [0.2, 0.25) is 0 Å². The number of aryl methyl sites for hydroxylation is 1. The van der Waals surface area contributed by atoms with Gasteiger partial charge in [-0.25, -0.2) is 8.42 Å². The molecule has 0 aliphatic rings. The highest BCUT2D eigenvalue weighted by Gasteiger charge is 2.24. The van der Waals surface area contributed by atoms with Gasteiger partial charge in [0.2, 0.25) is 5.91 Å². The lowest BCUT2D eigenvalue weighted by molar-refractivity contribution is -0.125. The van der Waals surface area contributed by atoms with E-state index in [1.807, 2.05) is 50.2 Å². The summed E-state index contributed by atoms with van der Waals surface area (Å²) in [7, 11) is 0.586. The van der Waals surface area contributed by atoms with Gasteiger partial charge in [-0.15, -0.1) is 0 Å². The van der Waals surface area contributed by atoms with Crippen LogP contribution in [-0.4, -0.2) is 51.9 Å². The number of amides is 1. The van der Waals surface area contributed by atoms with Crippen LogP contribution in [0.15, 0.2) is 24.3 Å². The zero-order valence-corrected chi connectivity index (χ0v) is 13.2. The van der Waals surface area contributed by atoms with Gasteiger partial charge in [-0.05, 0) is 32.1 Å². The zero-order chi connectivity index (χ0) is 15.3. The summed E-state index contributed by atoms with van der Waals surface area (Å²) in [5.41, 5.74) is 1.96. The third-order valence-electron chi connectivity index (χ3n) is 3.02. The Morgan fingerprint density at radius 2 is 1.90 bits per heavy atom. The van der Waals surface area contributed by atoms with Crippen molar-refractivity contribution < 1.29 is 13.2 Å². The van der Waals surface area contributed by atoms with Gasteiger partial charge in [0.25, 0.3) is 0 Å². The number of likely N-dealkylation sites (N-methyl/N-ethyl adjacent to an activating group) is 1. The molecule has 0 heterocycles. The molecule has 6 heteroatoms. The van der Waals surface area contributed by atoms with E-state index in [2.05, 4.69) is 5.32 Å². The van der Waals surface area contributed by atoms with Gasteiger partial charge < -0.3 is 5.32 Å². The van der Waals surface area contributed by atoms with Crippen LogP contribution in [0, 0.1) is 6.92 Å². The van der Waals surface area contributed by atoms with Crippen molar-refractivity contribution in [2.75, 3.05) is 32.6 Å². The molecular weight excluding hydrogens is 276 g/mol. The largest absolute Gasteiger partial charge is 0.353 e. The Kier molecular flexibility index (Phi) is 5.71. The van der Waals surface area contributed by atoms with Crippen molar-refractivity contribution in [2.24, 2.45) is 0 Å². The van der Waals surface area contributed by atoms with Gasteiger partial charge in [0.15, 0.2) is 0 Å². The second-order valence-corrected chi connectivity index (χ2v) is 7.40. The van der Waals surface area contributed by atoms with Gasteiger partial charge in [-0.2, -0.15) is 0 Å². The maximum Gasteiger partial charge on any atom is 0.241 e. The number of nitrogens with one attached hydrogen (secondary N) is 1. The molecule has 0 saturated heterocycles. The number of hydrogen-bond acceptors (Lipinski definition) is 4. The van der Waals surface area contributed by atoms with Crippen LogP contribution in [0.3, 0.4) is 0 Å². The summed E-state index contributed by atoms with van der Waals surface area (Å²) >= 11 is 0. The number of hydrogen-bond donors (Lipinski definition) is 1. The van der Waals surface area contributed by atoms with Crippen molar-refractivity contribution in [1.29, 1.82) is 0 Å². The highest BCUT2D eigenvalue weighted by Crippen LogP contribution is 2.21. The van der Waals surface area contributed by atoms with Crippen LogP contribution in [-0.2, 0) is 14.6 Å². The van der Waals surface area contributed by atoms with E-state index < -0.39 is 15.9 Å². The normalized spacial score (nSPS) is 13.2. The summed E-state index contributed by atoms with van der Waals surface area (Å²) in [6, 6.07) is 7.26. The second kappa shape index (κ2) is 6.85. The molecule has 0 fully saturated rings. The number of nitrogens with zero attached hydrogens (tertiary/aromatic N) is 1. The van der Waals surface area contributed by atoms with Crippen LogP contribution < -0.4 is 5.32 Å². The molecule has 1 N–H and O–H groups in total. The fraction of sp³-hybridized carbons (Fsp3) is 0.500. The minimum absolute atomic E-state index is 0.0489. The Hall–Kier alpha value is -1.40. The smallest absolute Gasteiger partial charge is 0.241 e. The van der Waals surface area contributed by atoms with E-state index in [0.29, 0.717) is 0 Å². The molecule has 0 aromatic heterocycles. The summed E-state index contributed by atoms with van der Waals surface area (Å²) < 4.78 is 22.2. The SMILES string of the molecule is Cc1ccccc1[C@H](C(=O)NCCS(C)(=O)=O)N(C)C. The van der Waals surface area contributed by atoms with Crippen LogP contribution in [0.1, 0.15) is 17.2 Å². The molecule has 0 spiro atoms. The molecule has 1 aromatic rings. The van der Waals surface area contributed by atoms with Crippen molar-refractivity contribution in [2.45, 2.75) is 13.0 Å². The summed E-state index contributed by atoms with van der Waals surface area (Å²) in [6.07, 6.45) is 1.16. The highest BCUT2D eigenvalue weighted by molar-refractivity contribution is 7.90. The molecule has 112 valence electrons. The first kappa shape index (κ1) is 16.7. The first-order valence-corrected chi connectivity index (χ1v) is 8.46. The lowest BCUT2D eigenvalue weighted by Crippen LogP contribution is -2.39. The van der Waals surface area contributed by atoms with Gasteiger partial charge in [0, 0.05) is 12.8 Å². The lowest BCUT2D eigenvalue weighted by atomic mass is 10.00. The standard InChI is InChI=1S/C14H22N2O3S/c1-11-7-5-6-8-12(11)13(16(2)3)14(17)15-9-10-20(4,18)19/h5-8,13H,9-10H2,1-4H3,(H,15,17)/t13-/m1/s1. The van der Waals surface area contributed by atoms with E-state index in [1.54, 1.807) is 0 Å². The summed E-state index contributed by atoms with van der Waals surface area (Å²) in [4.78, 5) is 14.1. The van der Waals surface area contributed by atoms with Crippen molar-refractivity contribution in [1.82, 2.24) is 10.2 Å². The third kappa shape index (κ3) is 4.94. The van der Waals surface area contributed by atoms with Crippen LogP contribution >= 0.6 is 0 Å². The molecule has 0 radical (unpaired) electrons. The van der Waals surface area contributed by atoms with Gasteiger partial charge in [0.05, 0.1) is 5.75 Å². The summed E-state index contributed by atoms with van der Waals surface area (Å²) in [5.74, 6) is -0.236. The lowest BCUT2D eigenvalue weighted by Gasteiger charge is -2.25. The van der Waals surface area contributed by atoms with E-state index in [4.69, 9.17) is 0 Å². The van der Waals surface area contributed by atoms with Gasteiger partial charge in [0.1, 0.15) is 15.9 Å². The fourth-order valence-electron chi connectivity index (χ4n) is 2.00. The maximum absolute atomic E-state index is 12.3. The van der Waals surface area contributed by atoms with Crippen molar-refractivity contribution in [3.63, 3.8) is 0 Å². The zero-order valence-electron chi connectivity index (χ0n) is 12.4. The third-order valence-corrected chi connectivity index (χ3v) is 3.97. The Morgan fingerprint density at radius 3 is 2.40 bits per heavy atom. The molecule has 0 aliphatic carbocycles. The molecule has 0 aliphatic heterocycles. The van der Waals surface area contributed by atoms with E-state index in [9.17, 15) is 13.2 Å². The molecule has 0 unspecified atom stereocenters. The molecule has 1 amide bonds. The quantitative estimate of drug-likeness (QED) is 0.842. The Morgan fingerprint density at radius 1 is 1.30 bits per heavy atom. The molecule has 1 aromatic carbocycles. The Labute approximate surface area is 120 Å². The molecule has 1 rings (SSSR count). The maximum atomic E-state index is 12.3.